The van der Waals surface area contributed by atoms with Crippen LogP contribution in [-0.2, 0) is 0 Å². The maximum atomic E-state index is 2.21. The summed E-state index contributed by atoms with van der Waals surface area (Å²) in [7, 11) is 0. The van der Waals surface area contributed by atoms with Gasteiger partial charge in [0, 0.05) is 10.1 Å². The monoisotopic (exact) mass is 179 g/mol. The molecule has 0 saturated carbocycles. The smallest absolute Gasteiger partial charge is 0.00946 e. The summed E-state index contributed by atoms with van der Waals surface area (Å²) in [6.45, 7) is 6.43. The molecule has 0 aromatic heterocycles. The largest absolute Gasteiger partial charge is 0.123 e. The average Bonchev–Trinajstić information content (AvgIpc) is 2.09. The van der Waals surface area contributed by atoms with Crippen molar-refractivity contribution >= 4 is 11.8 Å². The van der Waals surface area contributed by atoms with Crippen LogP contribution < -0.4 is 0 Å². The molecule has 12 heavy (non-hydrogen) atoms. The highest BCUT2D eigenvalue weighted by molar-refractivity contribution is 8.00. The predicted molar refractivity (Wildman–Crippen MR) is 56.5 cm³/mol. The summed E-state index contributed by atoms with van der Waals surface area (Å²) in [5, 5.41) is 0.604. The van der Waals surface area contributed by atoms with Gasteiger partial charge in [-0.3, -0.25) is 0 Å². The number of thioether (sulfide) groups is 1. The summed E-state index contributed by atoms with van der Waals surface area (Å²) in [4.78, 5) is 1.35. The lowest BCUT2D eigenvalue weighted by Crippen LogP contribution is -1.92. The van der Waals surface area contributed by atoms with Crippen LogP contribution in [0.2, 0.25) is 0 Å². The first kappa shape index (κ1) is 9.66. The molecule has 1 unspecified atom stereocenters. The number of hydrogen-bond acceptors (Lipinski definition) is 1. The van der Waals surface area contributed by atoms with Crippen LogP contribution in [-0.4, -0.2) is 5.25 Å². The fraction of sp³-hybridized carbons (Fsp3) is 0.364. The van der Waals surface area contributed by atoms with Gasteiger partial charge in [-0.15, -0.1) is 11.8 Å². The van der Waals surface area contributed by atoms with E-state index in [1.807, 2.05) is 11.8 Å². The van der Waals surface area contributed by atoms with Crippen molar-refractivity contribution in [2.75, 3.05) is 0 Å². The Balaban J connectivity index is 2.58. The van der Waals surface area contributed by atoms with Gasteiger partial charge >= 0.3 is 0 Å². The maximum Gasteiger partial charge on any atom is 0.00946 e. The van der Waals surface area contributed by atoms with Crippen molar-refractivity contribution in [3.05, 3.63) is 36.2 Å². The van der Waals surface area contributed by atoms with Crippen LogP contribution in [0.3, 0.4) is 0 Å². The Kier molecular flexibility index (Phi) is 3.67. The first-order valence-electron chi connectivity index (χ1n) is 4.25. The van der Waals surface area contributed by atoms with Gasteiger partial charge in [0.1, 0.15) is 0 Å². The molecule has 0 amide bonds. The lowest BCUT2D eigenvalue weighted by Gasteiger charge is -2.07. The minimum atomic E-state index is 0.604. The minimum Gasteiger partial charge on any atom is -0.123 e. The predicted octanol–water partition coefficient (Wildman–Crippen LogP) is 3.70. The summed E-state index contributed by atoms with van der Waals surface area (Å²) in [5.41, 5.74) is 1.33. The molecule has 1 atom stereocenters. The molecular formula is C11H15S. The standard InChI is InChI=1S/C11H15S/c1-4-10(3)12-11-7-5-9(2)6-8-11/h4-8,10H,1-3H3. The minimum absolute atomic E-state index is 0.604. The molecule has 1 radical (unpaired) electrons. The number of rotatable bonds is 3. The summed E-state index contributed by atoms with van der Waals surface area (Å²) in [5.74, 6) is 0. The summed E-state index contributed by atoms with van der Waals surface area (Å²) >= 11 is 1.90. The highest BCUT2D eigenvalue weighted by Gasteiger charge is 2.00. The second-order valence-electron chi connectivity index (χ2n) is 2.97. The fourth-order valence-electron chi connectivity index (χ4n) is 0.900. The first-order chi connectivity index (χ1) is 5.72. The molecule has 1 aromatic carbocycles. The molecular weight excluding hydrogens is 164 g/mol. The van der Waals surface area contributed by atoms with Gasteiger partial charge in [0.05, 0.1) is 0 Å². The molecule has 1 aromatic rings. The zero-order valence-corrected chi connectivity index (χ0v) is 8.69. The molecule has 0 N–H and O–H groups in total. The van der Waals surface area contributed by atoms with E-state index in [0.717, 1.165) is 0 Å². The van der Waals surface area contributed by atoms with Crippen LogP contribution in [0.25, 0.3) is 0 Å². The SMILES string of the molecule is C[CH]C(C)Sc1ccc(C)cc1. The summed E-state index contributed by atoms with van der Waals surface area (Å²) < 4.78 is 0. The van der Waals surface area contributed by atoms with Gasteiger partial charge in [0.25, 0.3) is 0 Å². The molecule has 0 fully saturated rings. The van der Waals surface area contributed by atoms with Gasteiger partial charge < -0.3 is 0 Å². The molecule has 0 nitrogen and oxygen atoms in total. The average molecular weight is 179 g/mol. The quantitative estimate of drug-likeness (QED) is 0.637. The Morgan fingerprint density at radius 3 is 2.33 bits per heavy atom. The van der Waals surface area contributed by atoms with Crippen LogP contribution in [0.4, 0.5) is 0 Å². The van der Waals surface area contributed by atoms with Crippen LogP contribution in [0, 0.1) is 13.3 Å². The van der Waals surface area contributed by atoms with Gasteiger partial charge in [-0.2, -0.15) is 0 Å². The molecule has 1 heteroatoms. The van der Waals surface area contributed by atoms with Gasteiger partial charge in [0.2, 0.25) is 0 Å². The number of aryl methyl sites for hydroxylation is 1. The van der Waals surface area contributed by atoms with E-state index in [1.165, 1.54) is 10.5 Å². The highest BCUT2D eigenvalue weighted by Crippen LogP contribution is 2.24. The van der Waals surface area contributed by atoms with Gasteiger partial charge in [0.15, 0.2) is 0 Å². The van der Waals surface area contributed by atoms with Crippen molar-refractivity contribution in [1.82, 2.24) is 0 Å². The Morgan fingerprint density at radius 1 is 1.25 bits per heavy atom. The van der Waals surface area contributed by atoms with E-state index < -0.39 is 0 Å². The van der Waals surface area contributed by atoms with E-state index in [1.54, 1.807) is 0 Å². The maximum absolute atomic E-state index is 2.21. The molecule has 65 valence electrons. The van der Waals surface area contributed by atoms with Crippen LogP contribution in [0.5, 0.6) is 0 Å². The summed E-state index contributed by atoms with van der Waals surface area (Å²) in [6.07, 6.45) is 2.21. The zero-order chi connectivity index (χ0) is 8.97. The van der Waals surface area contributed by atoms with Crippen molar-refractivity contribution in [2.24, 2.45) is 0 Å². The van der Waals surface area contributed by atoms with Crippen LogP contribution in [0.15, 0.2) is 29.2 Å². The number of hydrogen-bond donors (Lipinski definition) is 0. The topological polar surface area (TPSA) is 0 Å². The van der Waals surface area contributed by atoms with Crippen molar-refractivity contribution in [3.8, 4) is 0 Å². The van der Waals surface area contributed by atoms with E-state index in [0.29, 0.717) is 5.25 Å². The molecule has 0 heterocycles. The molecule has 0 aliphatic carbocycles. The third kappa shape index (κ3) is 2.90. The third-order valence-electron chi connectivity index (χ3n) is 1.81. The van der Waals surface area contributed by atoms with Crippen LogP contribution in [0.1, 0.15) is 19.4 Å². The Labute approximate surface area is 79.4 Å². The van der Waals surface area contributed by atoms with Gasteiger partial charge in [-0.25, -0.2) is 0 Å². The third-order valence-corrected chi connectivity index (χ3v) is 3.00. The van der Waals surface area contributed by atoms with E-state index in [2.05, 4.69) is 51.5 Å². The van der Waals surface area contributed by atoms with E-state index in [-0.39, 0.29) is 0 Å². The fourth-order valence-corrected chi connectivity index (χ4v) is 1.76. The zero-order valence-electron chi connectivity index (χ0n) is 7.87. The molecule has 1 rings (SSSR count). The van der Waals surface area contributed by atoms with E-state index >= 15 is 0 Å². The normalized spacial score (nSPS) is 12.9. The Bertz CT molecular complexity index is 225. The van der Waals surface area contributed by atoms with E-state index in [9.17, 15) is 0 Å². The number of benzene rings is 1. The Morgan fingerprint density at radius 2 is 1.83 bits per heavy atom. The molecule has 0 spiro atoms. The molecule has 0 aliphatic rings. The van der Waals surface area contributed by atoms with Crippen LogP contribution >= 0.6 is 11.8 Å². The van der Waals surface area contributed by atoms with Gasteiger partial charge in [-0.1, -0.05) is 31.5 Å². The van der Waals surface area contributed by atoms with Crippen molar-refractivity contribution in [1.29, 1.82) is 0 Å². The lowest BCUT2D eigenvalue weighted by atomic mass is 10.2. The molecule has 0 bridgehead atoms. The molecule has 0 aliphatic heterocycles. The first-order valence-corrected chi connectivity index (χ1v) is 5.13. The summed E-state index contributed by atoms with van der Waals surface area (Å²) in [6, 6.07) is 8.68. The van der Waals surface area contributed by atoms with Crippen molar-refractivity contribution in [2.45, 2.75) is 30.9 Å². The van der Waals surface area contributed by atoms with Crippen molar-refractivity contribution < 1.29 is 0 Å². The van der Waals surface area contributed by atoms with E-state index in [4.69, 9.17) is 0 Å². The molecule has 0 saturated heterocycles. The van der Waals surface area contributed by atoms with Gasteiger partial charge in [-0.05, 0) is 25.5 Å². The second-order valence-corrected chi connectivity index (χ2v) is 4.42. The Hall–Kier alpha value is -0.430. The van der Waals surface area contributed by atoms with Crippen molar-refractivity contribution in [3.63, 3.8) is 0 Å². The lowest BCUT2D eigenvalue weighted by molar-refractivity contribution is 1.11. The highest BCUT2D eigenvalue weighted by atomic mass is 32.2. The second kappa shape index (κ2) is 4.56.